The second-order valence-electron chi connectivity index (χ2n) is 6.31. The van der Waals surface area contributed by atoms with Crippen LogP contribution in [-0.4, -0.2) is 24.9 Å². The molecule has 30 heavy (non-hydrogen) atoms. The van der Waals surface area contributed by atoms with Gasteiger partial charge in [0.25, 0.3) is 0 Å². The second kappa shape index (κ2) is 9.80. The minimum absolute atomic E-state index is 0.949. The smallest absolute Gasteiger partial charge is 0.0886 e. The molecule has 144 valence electrons. The van der Waals surface area contributed by atoms with Gasteiger partial charge in [-0.3, -0.25) is 19.9 Å². The van der Waals surface area contributed by atoms with Crippen LogP contribution in [-0.2, 0) is 0 Å². The standard InChI is InChI=1S/C13H9N.C8H6N2.C4H4N2/c1-3-7-12-10(5-1)9-11-6-2-4-8-13(11)14-12;1-2-4-8-7(3-1)9-5-6-10-8;1-2-6-4-3-5-1/h1-9H;1-6H;1-4H. The monoisotopic (exact) mass is 389 g/mol. The Hall–Kier alpha value is -4.25. The minimum Gasteiger partial charge on any atom is -0.262 e. The molecule has 0 bridgehead atoms. The van der Waals surface area contributed by atoms with Crippen LogP contribution in [0.15, 0.2) is 116 Å². The third kappa shape index (κ3) is 4.97. The van der Waals surface area contributed by atoms with E-state index in [9.17, 15) is 0 Å². The first-order valence-corrected chi connectivity index (χ1v) is 9.50. The van der Waals surface area contributed by atoms with Gasteiger partial charge >= 0.3 is 0 Å². The van der Waals surface area contributed by atoms with E-state index in [0.717, 1.165) is 22.1 Å². The normalized spacial score (nSPS) is 10.0. The lowest BCUT2D eigenvalue weighted by Gasteiger charge is -1.99. The molecule has 0 aliphatic carbocycles. The molecule has 0 saturated heterocycles. The number of para-hydroxylation sites is 4. The molecular weight excluding hydrogens is 370 g/mol. The van der Waals surface area contributed by atoms with Crippen LogP contribution in [0.4, 0.5) is 0 Å². The molecule has 5 heteroatoms. The minimum atomic E-state index is 0.949. The fourth-order valence-corrected chi connectivity index (χ4v) is 2.88. The van der Waals surface area contributed by atoms with E-state index in [0.29, 0.717) is 0 Å². The number of rotatable bonds is 0. The van der Waals surface area contributed by atoms with Gasteiger partial charge in [0.1, 0.15) is 0 Å². The largest absolute Gasteiger partial charge is 0.262 e. The van der Waals surface area contributed by atoms with Crippen LogP contribution in [0.2, 0.25) is 0 Å². The highest BCUT2D eigenvalue weighted by Crippen LogP contribution is 2.18. The number of aromatic nitrogens is 5. The molecule has 0 aliphatic heterocycles. The van der Waals surface area contributed by atoms with Crippen molar-refractivity contribution in [2.24, 2.45) is 0 Å². The van der Waals surface area contributed by atoms with Crippen LogP contribution in [0.3, 0.4) is 0 Å². The second-order valence-corrected chi connectivity index (χ2v) is 6.31. The van der Waals surface area contributed by atoms with E-state index in [1.54, 1.807) is 37.2 Å². The number of hydrogen-bond donors (Lipinski definition) is 0. The number of benzene rings is 3. The fraction of sp³-hybridized carbons (Fsp3) is 0. The predicted molar refractivity (Wildman–Crippen MR) is 121 cm³/mol. The van der Waals surface area contributed by atoms with Gasteiger partial charge in [-0.25, -0.2) is 4.98 Å². The van der Waals surface area contributed by atoms with E-state index in [-0.39, 0.29) is 0 Å². The Bertz CT molecular complexity index is 1160. The number of hydrogen-bond acceptors (Lipinski definition) is 5. The van der Waals surface area contributed by atoms with Gasteiger partial charge in [0.2, 0.25) is 0 Å². The molecule has 0 amide bonds. The highest BCUT2D eigenvalue weighted by Gasteiger charge is 1.96. The Balaban J connectivity index is 0.000000119. The number of nitrogens with zero attached hydrogens (tertiary/aromatic N) is 5. The summed E-state index contributed by atoms with van der Waals surface area (Å²) in [6.45, 7) is 0. The van der Waals surface area contributed by atoms with Gasteiger partial charge in [-0.2, -0.15) is 0 Å². The van der Waals surface area contributed by atoms with Crippen LogP contribution in [0.25, 0.3) is 32.8 Å². The van der Waals surface area contributed by atoms with Crippen molar-refractivity contribution in [1.82, 2.24) is 24.9 Å². The molecule has 5 nitrogen and oxygen atoms in total. The van der Waals surface area contributed by atoms with Crippen LogP contribution in [0.1, 0.15) is 0 Å². The van der Waals surface area contributed by atoms with E-state index >= 15 is 0 Å². The predicted octanol–water partition coefficient (Wildman–Crippen LogP) is 5.49. The van der Waals surface area contributed by atoms with Crippen molar-refractivity contribution in [1.29, 1.82) is 0 Å². The van der Waals surface area contributed by atoms with Crippen molar-refractivity contribution in [3.8, 4) is 0 Å². The van der Waals surface area contributed by atoms with Gasteiger partial charge in [0.15, 0.2) is 0 Å². The summed E-state index contributed by atoms with van der Waals surface area (Å²) in [5.74, 6) is 0. The lowest BCUT2D eigenvalue weighted by atomic mass is 10.1. The van der Waals surface area contributed by atoms with Gasteiger partial charge in [-0.05, 0) is 30.3 Å². The van der Waals surface area contributed by atoms with Crippen molar-refractivity contribution >= 4 is 32.8 Å². The summed E-state index contributed by atoms with van der Waals surface area (Å²) < 4.78 is 0. The Morgan fingerprint density at radius 1 is 0.400 bits per heavy atom. The molecule has 0 N–H and O–H groups in total. The van der Waals surface area contributed by atoms with Crippen molar-refractivity contribution < 1.29 is 0 Å². The number of pyridine rings is 1. The SMILES string of the molecule is c1ccc2nc3ccccc3cc2c1.c1ccc2nccnc2c1.c1cnccn1. The molecule has 0 radical (unpaired) electrons. The van der Waals surface area contributed by atoms with Gasteiger partial charge in [-0.1, -0.05) is 48.5 Å². The zero-order chi connectivity index (χ0) is 20.4. The summed E-state index contributed by atoms with van der Waals surface area (Å²) in [6.07, 6.45) is 9.95. The summed E-state index contributed by atoms with van der Waals surface area (Å²) in [5, 5.41) is 2.40. The average molecular weight is 389 g/mol. The van der Waals surface area contributed by atoms with Crippen molar-refractivity contribution in [3.63, 3.8) is 0 Å². The first kappa shape index (κ1) is 19.1. The summed E-state index contributed by atoms with van der Waals surface area (Å²) in [5.41, 5.74) is 4.02. The summed E-state index contributed by atoms with van der Waals surface area (Å²) in [6, 6.07) is 26.4. The van der Waals surface area contributed by atoms with Gasteiger partial charge < -0.3 is 0 Å². The zero-order valence-corrected chi connectivity index (χ0v) is 16.2. The molecule has 0 atom stereocenters. The van der Waals surface area contributed by atoms with E-state index in [2.05, 4.69) is 43.1 Å². The molecule has 0 unspecified atom stereocenters. The maximum Gasteiger partial charge on any atom is 0.0886 e. The lowest BCUT2D eigenvalue weighted by Crippen LogP contribution is -1.80. The van der Waals surface area contributed by atoms with Crippen LogP contribution in [0, 0.1) is 0 Å². The average Bonchev–Trinajstić information content (AvgIpc) is 2.85. The first-order valence-electron chi connectivity index (χ1n) is 9.50. The molecule has 0 saturated carbocycles. The van der Waals surface area contributed by atoms with E-state index in [1.165, 1.54) is 10.8 Å². The summed E-state index contributed by atoms with van der Waals surface area (Å²) in [4.78, 5) is 20.3. The molecule has 3 aromatic carbocycles. The maximum absolute atomic E-state index is 4.58. The van der Waals surface area contributed by atoms with Crippen molar-refractivity contribution in [2.45, 2.75) is 0 Å². The van der Waals surface area contributed by atoms with Crippen molar-refractivity contribution in [3.05, 3.63) is 116 Å². The summed E-state index contributed by atoms with van der Waals surface area (Å²) >= 11 is 0. The van der Waals surface area contributed by atoms with Gasteiger partial charge in [-0.15, -0.1) is 0 Å². The quantitative estimate of drug-likeness (QED) is 0.321. The Kier molecular flexibility index (Phi) is 6.23. The van der Waals surface area contributed by atoms with Crippen LogP contribution in [0.5, 0.6) is 0 Å². The molecule has 3 heterocycles. The van der Waals surface area contributed by atoms with E-state index in [1.807, 2.05) is 60.7 Å². The Morgan fingerprint density at radius 3 is 1.23 bits per heavy atom. The Labute approximate surface area is 174 Å². The first-order chi connectivity index (χ1) is 14.9. The van der Waals surface area contributed by atoms with Gasteiger partial charge in [0, 0.05) is 48.0 Å². The molecular formula is C25H19N5. The lowest BCUT2D eigenvalue weighted by molar-refractivity contribution is 1.20. The number of fused-ring (bicyclic) bond motifs is 3. The fourth-order valence-electron chi connectivity index (χ4n) is 2.88. The molecule has 0 aliphatic rings. The molecule has 0 spiro atoms. The molecule has 6 rings (SSSR count). The zero-order valence-electron chi connectivity index (χ0n) is 16.2. The van der Waals surface area contributed by atoms with E-state index in [4.69, 9.17) is 0 Å². The molecule has 6 aromatic rings. The van der Waals surface area contributed by atoms with E-state index < -0.39 is 0 Å². The summed E-state index contributed by atoms with van der Waals surface area (Å²) in [7, 11) is 0. The highest BCUT2D eigenvalue weighted by atomic mass is 14.8. The van der Waals surface area contributed by atoms with Crippen LogP contribution >= 0.6 is 0 Å². The van der Waals surface area contributed by atoms with Gasteiger partial charge in [0.05, 0.1) is 22.1 Å². The third-order valence-corrected chi connectivity index (χ3v) is 4.28. The topological polar surface area (TPSA) is 64.5 Å². The highest BCUT2D eigenvalue weighted by molar-refractivity contribution is 5.92. The maximum atomic E-state index is 4.58. The molecule has 3 aromatic heterocycles. The van der Waals surface area contributed by atoms with Crippen molar-refractivity contribution in [2.75, 3.05) is 0 Å². The third-order valence-electron chi connectivity index (χ3n) is 4.28. The molecule has 0 fully saturated rings. The van der Waals surface area contributed by atoms with Crippen LogP contribution < -0.4 is 0 Å². The Morgan fingerprint density at radius 2 is 0.800 bits per heavy atom.